The van der Waals surface area contributed by atoms with Gasteiger partial charge in [-0.15, -0.1) is 0 Å². The van der Waals surface area contributed by atoms with Gasteiger partial charge in [0.15, 0.2) is 11.5 Å². The summed E-state index contributed by atoms with van der Waals surface area (Å²) in [7, 11) is 0. The van der Waals surface area contributed by atoms with Gasteiger partial charge in [-0.1, -0.05) is 6.07 Å². The topological polar surface area (TPSA) is 38.3 Å². The number of alkyl halides is 3. The molecule has 0 unspecified atom stereocenters. The van der Waals surface area contributed by atoms with Gasteiger partial charge in [0.1, 0.15) is 6.61 Å². The Bertz CT molecular complexity index is 471. The molecular weight excluding hydrogens is 259 g/mol. The summed E-state index contributed by atoms with van der Waals surface area (Å²) in [6.07, 6.45) is -5.47. The van der Waals surface area contributed by atoms with E-state index in [2.05, 4.69) is 5.32 Å². The van der Waals surface area contributed by atoms with Crippen molar-refractivity contribution < 1.29 is 22.7 Å². The number of halogens is 3. The van der Waals surface area contributed by atoms with Crippen LogP contribution in [0.15, 0.2) is 18.2 Å². The molecule has 0 aliphatic carbocycles. The van der Waals surface area contributed by atoms with Gasteiger partial charge in [0.25, 0.3) is 0 Å². The van der Waals surface area contributed by atoms with Crippen molar-refractivity contribution in [1.29, 1.82) is 0 Å². The van der Waals surface area contributed by atoms with E-state index < -0.39 is 12.6 Å². The Labute approximate surface area is 108 Å². The molecule has 0 saturated heterocycles. The maximum Gasteiger partial charge on any atom is 0.389 e. The molecule has 104 valence electrons. The Hall–Kier alpha value is -1.72. The zero-order valence-corrected chi connectivity index (χ0v) is 10.2. The average molecular weight is 273 g/mol. The van der Waals surface area contributed by atoms with Crippen LogP contribution in [0.25, 0.3) is 0 Å². The molecule has 1 N–H and O–H groups in total. The SMILES string of the molecule is O=C(CCCC(F)(F)F)c1cccc2c1OCCN2. The first-order chi connectivity index (χ1) is 8.97. The molecule has 3 nitrogen and oxygen atoms in total. The van der Waals surface area contributed by atoms with E-state index in [4.69, 9.17) is 4.74 Å². The number of carbonyl (C=O) groups is 1. The highest BCUT2D eigenvalue weighted by Gasteiger charge is 2.27. The number of anilines is 1. The molecule has 1 aromatic carbocycles. The molecule has 0 bridgehead atoms. The van der Waals surface area contributed by atoms with Crippen molar-refractivity contribution in [3.8, 4) is 5.75 Å². The summed E-state index contributed by atoms with van der Waals surface area (Å²) in [6.45, 7) is 1.10. The lowest BCUT2D eigenvalue weighted by Crippen LogP contribution is -2.20. The molecule has 2 rings (SSSR count). The zero-order valence-electron chi connectivity index (χ0n) is 10.2. The number of benzene rings is 1. The van der Waals surface area contributed by atoms with E-state index in [9.17, 15) is 18.0 Å². The van der Waals surface area contributed by atoms with Crippen LogP contribution in [-0.2, 0) is 0 Å². The fraction of sp³-hybridized carbons (Fsp3) is 0.462. The molecule has 1 aliphatic heterocycles. The summed E-state index contributed by atoms with van der Waals surface area (Å²) < 4.78 is 41.5. The van der Waals surface area contributed by atoms with Gasteiger partial charge in [-0.3, -0.25) is 4.79 Å². The van der Waals surface area contributed by atoms with Gasteiger partial charge in [0.05, 0.1) is 11.3 Å². The van der Waals surface area contributed by atoms with Crippen LogP contribution in [0.1, 0.15) is 29.6 Å². The second kappa shape index (κ2) is 5.50. The predicted octanol–water partition coefficient (Wildman–Crippen LogP) is 3.41. The van der Waals surface area contributed by atoms with Gasteiger partial charge in [-0.25, -0.2) is 0 Å². The Balaban J connectivity index is 2.03. The lowest BCUT2D eigenvalue weighted by atomic mass is 10.0. The second-order valence-electron chi connectivity index (χ2n) is 4.35. The second-order valence-corrected chi connectivity index (χ2v) is 4.35. The minimum atomic E-state index is -4.21. The Morgan fingerprint density at radius 1 is 1.37 bits per heavy atom. The molecule has 0 amide bonds. The van der Waals surface area contributed by atoms with Crippen LogP contribution < -0.4 is 10.1 Å². The first-order valence-electron chi connectivity index (χ1n) is 6.07. The molecule has 0 radical (unpaired) electrons. The summed E-state index contributed by atoms with van der Waals surface area (Å²) in [5.41, 5.74) is 1.07. The highest BCUT2D eigenvalue weighted by atomic mass is 19.4. The van der Waals surface area contributed by atoms with E-state index in [1.165, 1.54) is 0 Å². The van der Waals surface area contributed by atoms with Crippen molar-refractivity contribution in [2.45, 2.75) is 25.4 Å². The first-order valence-corrected chi connectivity index (χ1v) is 6.07. The van der Waals surface area contributed by atoms with Crippen molar-refractivity contribution >= 4 is 11.5 Å². The molecule has 0 spiro atoms. The molecule has 1 heterocycles. The minimum Gasteiger partial charge on any atom is -0.489 e. The van der Waals surface area contributed by atoms with Gasteiger partial charge < -0.3 is 10.1 Å². The molecule has 1 aliphatic rings. The molecule has 0 aromatic heterocycles. The zero-order chi connectivity index (χ0) is 13.9. The highest BCUT2D eigenvalue weighted by molar-refractivity contribution is 6.00. The lowest BCUT2D eigenvalue weighted by Gasteiger charge is -2.21. The van der Waals surface area contributed by atoms with Crippen LogP contribution >= 0.6 is 0 Å². The number of carbonyl (C=O) groups excluding carboxylic acids is 1. The molecule has 0 saturated carbocycles. The monoisotopic (exact) mass is 273 g/mol. The summed E-state index contributed by atoms with van der Waals surface area (Å²) in [6, 6.07) is 5.06. The number of ketones is 1. The van der Waals surface area contributed by atoms with Crippen molar-refractivity contribution in [1.82, 2.24) is 0 Å². The fourth-order valence-electron chi connectivity index (χ4n) is 1.97. The fourth-order valence-corrected chi connectivity index (χ4v) is 1.97. The Morgan fingerprint density at radius 2 is 2.16 bits per heavy atom. The number of Topliss-reactive ketones (excluding diaryl/α,β-unsaturated/α-hetero) is 1. The number of fused-ring (bicyclic) bond motifs is 1. The van der Waals surface area contributed by atoms with Crippen molar-refractivity contribution in [3.63, 3.8) is 0 Å². The molecule has 0 fully saturated rings. The van der Waals surface area contributed by atoms with E-state index in [0.29, 0.717) is 30.2 Å². The van der Waals surface area contributed by atoms with Crippen molar-refractivity contribution in [2.75, 3.05) is 18.5 Å². The summed E-state index contributed by atoms with van der Waals surface area (Å²) in [4.78, 5) is 11.9. The first kappa shape index (κ1) is 13.7. The van der Waals surface area contributed by atoms with E-state index in [1.54, 1.807) is 18.2 Å². The quantitative estimate of drug-likeness (QED) is 0.854. The van der Waals surface area contributed by atoms with Gasteiger partial charge >= 0.3 is 6.18 Å². The van der Waals surface area contributed by atoms with Crippen LogP contribution in [0.3, 0.4) is 0 Å². The van der Waals surface area contributed by atoms with E-state index >= 15 is 0 Å². The van der Waals surface area contributed by atoms with Crippen LogP contribution in [0.4, 0.5) is 18.9 Å². The van der Waals surface area contributed by atoms with E-state index in [1.807, 2.05) is 0 Å². The predicted molar refractivity (Wildman–Crippen MR) is 64.7 cm³/mol. The average Bonchev–Trinajstić information content (AvgIpc) is 2.36. The number of para-hydroxylation sites is 1. The van der Waals surface area contributed by atoms with Crippen LogP contribution in [0.2, 0.25) is 0 Å². The van der Waals surface area contributed by atoms with Crippen LogP contribution in [-0.4, -0.2) is 25.1 Å². The summed E-state index contributed by atoms with van der Waals surface area (Å²) >= 11 is 0. The van der Waals surface area contributed by atoms with Crippen LogP contribution in [0, 0.1) is 0 Å². The normalized spacial score (nSPS) is 14.3. The third-order valence-electron chi connectivity index (χ3n) is 2.84. The highest BCUT2D eigenvalue weighted by Crippen LogP contribution is 2.32. The Morgan fingerprint density at radius 3 is 2.89 bits per heavy atom. The minimum absolute atomic E-state index is 0.126. The Kier molecular flexibility index (Phi) is 3.97. The number of hydrogen-bond acceptors (Lipinski definition) is 3. The largest absolute Gasteiger partial charge is 0.489 e. The van der Waals surface area contributed by atoms with Crippen molar-refractivity contribution in [3.05, 3.63) is 23.8 Å². The number of nitrogens with one attached hydrogen (secondary N) is 1. The van der Waals surface area contributed by atoms with Gasteiger partial charge in [0.2, 0.25) is 0 Å². The number of ether oxygens (including phenoxy) is 1. The smallest absolute Gasteiger partial charge is 0.389 e. The van der Waals surface area contributed by atoms with E-state index in [0.717, 1.165) is 0 Å². The molecule has 0 atom stereocenters. The third-order valence-corrected chi connectivity index (χ3v) is 2.84. The maximum atomic E-state index is 12.0. The van der Waals surface area contributed by atoms with Gasteiger partial charge in [-0.2, -0.15) is 13.2 Å². The van der Waals surface area contributed by atoms with Crippen LogP contribution in [0.5, 0.6) is 5.75 Å². The third kappa shape index (κ3) is 3.62. The molecule has 6 heteroatoms. The number of rotatable bonds is 4. The summed E-state index contributed by atoms with van der Waals surface area (Å²) in [5, 5.41) is 3.08. The molecule has 19 heavy (non-hydrogen) atoms. The van der Waals surface area contributed by atoms with E-state index in [-0.39, 0.29) is 18.6 Å². The van der Waals surface area contributed by atoms with Crippen molar-refractivity contribution in [2.24, 2.45) is 0 Å². The molecule has 1 aromatic rings. The maximum absolute atomic E-state index is 12.0. The standard InChI is InChI=1S/C13H14F3NO2/c14-13(15,16)6-2-5-11(18)9-3-1-4-10-12(9)19-8-7-17-10/h1,3-4,17H,2,5-8H2. The van der Waals surface area contributed by atoms with Gasteiger partial charge in [-0.05, 0) is 18.6 Å². The van der Waals surface area contributed by atoms with Gasteiger partial charge in [0, 0.05) is 19.4 Å². The number of hydrogen-bond donors (Lipinski definition) is 1. The summed E-state index contributed by atoms with van der Waals surface area (Å²) in [5.74, 6) is 0.135. The molecular formula is C13H14F3NO2. The lowest BCUT2D eigenvalue weighted by molar-refractivity contribution is -0.135.